The van der Waals surface area contributed by atoms with Gasteiger partial charge in [0, 0.05) is 17.1 Å². The van der Waals surface area contributed by atoms with Crippen LogP contribution in [0.5, 0.6) is 5.75 Å². The first-order valence-corrected chi connectivity index (χ1v) is 7.80. The molecule has 0 bridgehead atoms. The van der Waals surface area contributed by atoms with Gasteiger partial charge in [0.15, 0.2) is 0 Å². The second-order valence-corrected chi connectivity index (χ2v) is 5.89. The molecule has 5 heteroatoms. The third kappa shape index (κ3) is 1.94. The smallest absolute Gasteiger partial charge is 0.145 e. The highest BCUT2D eigenvalue weighted by Gasteiger charge is 2.14. The average Bonchev–Trinajstić information content (AvgIpc) is 3.01. The zero-order valence-corrected chi connectivity index (χ0v) is 13.0. The van der Waals surface area contributed by atoms with Crippen molar-refractivity contribution in [3.05, 3.63) is 47.7 Å². The van der Waals surface area contributed by atoms with Crippen molar-refractivity contribution in [2.24, 2.45) is 0 Å². The Bertz CT molecular complexity index is 994. The molecule has 0 aliphatic heterocycles. The number of methoxy groups -OCH3 is 1. The molecule has 108 valence electrons. The highest BCUT2D eigenvalue weighted by molar-refractivity contribution is 7.17. The van der Waals surface area contributed by atoms with E-state index in [2.05, 4.69) is 21.0 Å². The Balaban J connectivity index is 2.11. The number of fused-ring (bicyclic) bond motifs is 2. The maximum atomic E-state index is 5.42. The minimum Gasteiger partial charge on any atom is -0.494 e. The van der Waals surface area contributed by atoms with Gasteiger partial charge in [0.1, 0.15) is 17.1 Å². The molecule has 1 aromatic carbocycles. The van der Waals surface area contributed by atoms with E-state index in [4.69, 9.17) is 4.74 Å². The van der Waals surface area contributed by atoms with Gasteiger partial charge in [0.2, 0.25) is 0 Å². The number of thiophene rings is 1. The number of benzene rings is 1. The van der Waals surface area contributed by atoms with Crippen LogP contribution in [0.1, 0.15) is 5.82 Å². The van der Waals surface area contributed by atoms with Crippen LogP contribution in [-0.2, 0) is 0 Å². The highest BCUT2D eigenvalue weighted by Crippen LogP contribution is 2.36. The van der Waals surface area contributed by atoms with Gasteiger partial charge in [-0.3, -0.25) is 4.98 Å². The van der Waals surface area contributed by atoms with Crippen LogP contribution < -0.4 is 4.74 Å². The van der Waals surface area contributed by atoms with Crippen LogP contribution in [0, 0.1) is 6.92 Å². The second-order valence-electron chi connectivity index (χ2n) is 4.97. The van der Waals surface area contributed by atoms with Crippen molar-refractivity contribution in [2.75, 3.05) is 7.11 Å². The van der Waals surface area contributed by atoms with Gasteiger partial charge in [-0.1, -0.05) is 6.07 Å². The van der Waals surface area contributed by atoms with Gasteiger partial charge in [-0.25, -0.2) is 9.97 Å². The van der Waals surface area contributed by atoms with Crippen molar-refractivity contribution in [1.82, 2.24) is 15.0 Å². The molecule has 4 aromatic rings. The topological polar surface area (TPSA) is 47.9 Å². The summed E-state index contributed by atoms with van der Waals surface area (Å²) in [5.41, 5.74) is 3.85. The molecule has 0 spiro atoms. The van der Waals surface area contributed by atoms with Gasteiger partial charge >= 0.3 is 0 Å². The van der Waals surface area contributed by atoms with Crippen molar-refractivity contribution < 1.29 is 4.74 Å². The van der Waals surface area contributed by atoms with Crippen LogP contribution in [0.15, 0.2) is 41.9 Å². The third-order valence-electron chi connectivity index (χ3n) is 3.62. The molecule has 0 N–H and O–H groups in total. The van der Waals surface area contributed by atoms with Gasteiger partial charge < -0.3 is 4.74 Å². The van der Waals surface area contributed by atoms with Crippen LogP contribution in [0.25, 0.3) is 32.4 Å². The zero-order valence-electron chi connectivity index (χ0n) is 12.2. The molecule has 22 heavy (non-hydrogen) atoms. The summed E-state index contributed by atoms with van der Waals surface area (Å²) in [5, 5.41) is 3.08. The number of hydrogen-bond acceptors (Lipinski definition) is 5. The van der Waals surface area contributed by atoms with E-state index in [-0.39, 0.29) is 0 Å². The first-order valence-electron chi connectivity index (χ1n) is 6.92. The zero-order chi connectivity index (χ0) is 15.1. The monoisotopic (exact) mass is 307 g/mol. The average molecular weight is 307 g/mol. The van der Waals surface area contributed by atoms with Crippen molar-refractivity contribution in [3.8, 4) is 17.0 Å². The number of pyridine rings is 1. The summed E-state index contributed by atoms with van der Waals surface area (Å²) in [7, 11) is 1.66. The molecule has 4 rings (SSSR count). The Morgan fingerprint density at radius 1 is 1.09 bits per heavy atom. The summed E-state index contributed by atoms with van der Waals surface area (Å²) >= 11 is 1.66. The van der Waals surface area contributed by atoms with Gasteiger partial charge in [0.05, 0.1) is 23.0 Å². The van der Waals surface area contributed by atoms with E-state index < -0.39 is 0 Å². The Morgan fingerprint density at radius 3 is 2.86 bits per heavy atom. The second kappa shape index (κ2) is 5.03. The van der Waals surface area contributed by atoms with Gasteiger partial charge in [-0.15, -0.1) is 11.3 Å². The number of hydrogen-bond donors (Lipinski definition) is 0. The Hall–Kier alpha value is -2.53. The SMILES string of the molecule is COc1ccc(-c2nc(C)nc3ccsc23)c2cccnc12. The predicted molar refractivity (Wildman–Crippen MR) is 89.4 cm³/mol. The maximum absolute atomic E-state index is 5.42. The van der Waals surface area contributed by atoms with E-state index >= 15 is 0 Å². The molecule has 0 unspecified atom stereocenters. The quantitative estimate of drug-likeness (QED) is 0.556. The predicted octanol–water partition coefficient (Wildman–Crippen LogP) is 4.22. The lowest BCUT2D eigenvalue weighted by Crippen LogP contribution is -1.94. The molecule has 0 atom stereocenters. The van der Waals surface area contributed by atoms with E-state index in [0.29, 0.717) is 0 Å². The Labute approximate surface area is 131 Å². The molecule has 0 fully saturated rings. The lowest BCUT2D eigenvalue weighted by Gasteiger charge is -2.10. The van der Waals surface area contributed by atoms with E-state index in [0.717, 1.165) is 44.0 Å². The Kier molecular flexibility index (Phi) is 3.01. The normalized spacial score (nSPS) is 11.2. The molecule has 0 aliphatic carbocycles. The summed E-state index contributed by atoms with van der Waals surface area (Å²) in [6.45, 7) is 1.92. The Morgan fingerprint density at radius 2 is 2.00 bits per heavy atom. The van der Waals surface area contributed by atoms with E-state index in [1.165, 1.54) is 0 Å². The standard InChI is InChI=1S/C17H13N3OS/c1-10-19-13-7-9-22-17(13)16(20-10)12-5-6-14(21-2)15-11(12)4-3-8-18-15/h3-9H,1-2H3. The maximum Gasteiger partial charge on any atom is 0.145 e. The highest BCUT2D eigenvalue weighted by atomic mass is 32.1. The summed E-state index contributed by atoms with van der Waals surface area (Å²) in [5.74, 6) is 1.54. The fraction of sp³-hybridized carbons (Fsp3) is 0.118. The van der Waals surface area contributed by atoms with E-state index in [1.807, 2.05) is 36.6 Å². The first kappa shape index (κ1) is 13.2. The lowest BCUT2D eigenvalue weighted by atomic mass is 10.0. The van der Waals surface area contributed by atoms with Gasteiger partial charge in [-0.2, -0.15) is 0 Å². The minimum atomic E-state index is 0.771. The molecule has 0 aliphatic rings. The fourth-order valence-corrected chi connectivity index (χ4v) is 3.51. The molecule has 4 nitrogen and oxygen atoms in total. The molecular formula is C17H13N3OS. The van der Waals surface area contributed by atoms with Gasteiger partial charge in [0.25, 0.3) is 0 Å². The number of nitrogens with zero attached hydrogens (tertiary/aromatic N) is 3. The molecule has 0 amide bonds. The number of aromatic nitrogens is 3. The van der Waals surface area contributed by atoms with Crippen LogP contribution in [0.2, 0.25) is 0 Å². The van der Waals surface area contributed by atoms with E-state index in [9.17, 15) is 0 Å². The van der Waals surface area contributed by atoms with E-state index in [1.54, 1.807) is 24.6 Å². The number of aryl methyl sites for hydroxylation is 1. The minimum absolute atomic E-state index is 0.771. The van der Waals surface area contributed by atoms with Crippen molar-refractivity contribution >= 4 is 32.5 Å². The molecule has 0 saturated carbocycles. The van der Waals surface area contributed by atoms with Crippen LogP contribution in [-0.4, -0.2) is 22.1 Å². The molecule has 3 aromatic heterocycles. The molecule has 0 saturated heterocycles. The van der Waals surface area contributed by atoms with Crippen LogP contribution in [0.4, 0.5) is 0 Å². The first-order chi connectivity index (χ1) is 10.8. The summed E-state index contributed by atoms with van der Waals surface area (Å²) < 4.78 is 6.52. The summed E-state index contributed by atoms with van der Waals surface area (Å²) in [6, 6.07) is 10.0. The number of rotatable bonds is 2. The largest absolute Gasteiger partial charge is 0.494 e. The van der Waals surface area contributed by atoms with Gasteiger partial charge in [-0.05, 0) is 36.6 Å². The summed E-state index contributed by atoms with van der Waals surface area (Å²) in [6.07, 6.45) is 1.78. The summed E-state index contributed by atoms with van der Waals surface area (Å²) in [4.78, 5) is 13.6. The fourth-order valence-electron chi connectivity index (χ4n) is 2.68. The van der Waals surface area contributed by atoms with Crippen molar-refractivity contribution in [3.63, 3.8) is 0 Å². The van der Waals surface area contributed by atoms with Crippen molar-refractivity contribution in [2.45, 2.75) is 6.92 Å². The van der Waals surface area contributed by atoms with Crippen molar-refractivity contribution in [1.29, 1.82) is 0 Å². The molecular weight excluding hydrogens is 294 g/mol. The molecule has 3 heterocycles. The van der Waals surface area contributed by atoms with Crippen LogP contribution >= 0.6 is 11.3 Å². The number of ether oxygens (including phenoxy) is 1. The lowest BCUT2D eigenvalue weighted by molar-refractivity contribution is 0.419. The molecule has 0 radical (unpaired) electrons. The van der Waals surface area contributed by atoms with Crippen LogP contribution in [0.3, 0.4) is 0 Å². The third-order valence-corrected chi connectivity index (χ3v) is 4.53.